The van der Waals surface area contributed by atoms with Crippen LogP contribution in [0.15, 0.2) is 34.9 Å². The first kappa shape index (κ1) is 14.0. The highest BCUT2D eigenvalue weighted by molar-refractivity contribution is 5.85. The zero-order valence-electron chi connectivity index (χ0n) is 10.7. The van der Waals surface area contributed by atoms with Crippen molar-refractivity contribution < 1.29 is 4.52 Å². The molecule has 1 saturated heterocycles. The molecule has 1 aromatic heterocycles. The van der Waals surface area contributed by atoms with Crippen molar-refractivity contribution >= 4 is 12.4 Å². The number of halogens is 1. The Morgan fingerprint density at radius 1 is 1.16 bits per heavy atom. The van der Waals surface area contributed by atoms with Gasteiger partial charge in [0.1, 0.15) is 0 Å². The summed E-state index contributed by atoms with van der Waals surface area (Å²) in [5.74, 6) is 2.03. The van der Waals surface area contributed by atoms with Crippen LogP contribution in [-0.2, 0) is 6.42 Å². The Bertz CT molecular complexity index is 494. The fourth-order valence-corrected chi connectivity index (χ4v) is 2.35. The van der Waals surface area contributed by atoms with E-state index in [-0.39, 0.29) is 12.4 Å². The van der Waals surface area contributed by atoms with Crippen LogP contribution in [0.4, 0.5) is 0 Å². The van der Waals surface area contributed by atoms with Crippen molar-refractivity contribution in [3.63, 3.8) is 0 Å². The normalized spacial score (nSPS) is 16.0. The summed E-state index contributed by atoms with van der Waals surface area (Å²) >= 11 is 0. The van der Waals surface area contributed by atoms with Crippen LogP contribution >= 0.6 is 12.4 Å². The van der Waals surface area contributed by atoms with Gasteiger partial charge in [0.25, 0.3) is 0 Å². The number of benzene rings is 1. The molecule has 1 N–H and O–H groups in total. The van der Waals surface area contributed by atoms with Gasteiger partial charge in [-0.25, -0.2) is 0 Å². The van der Waals surface area contributed by atoms with Crippen LogP contribution in [0, 0.1) is 0 Å². The monoisotopic (exact) mass is 279 g/mol. The lowest BCUT2D eigenvalue weighted by Crippen LogP contribution is -2.26. The second-order valence-corrected chi connectivity index (χ2v) is 4.74. The zero-order chi connectivity index (χ0) is 12.2. The van der Waals surface area contributed by atoms with Crippen molar-refractivity contribution in [1.82, 2.24) is 15.5 Å². The summed E-state index contributed by atoms with van der Waals surface area (Å²) in [5, 5.41) is 7.42. The minimum absolute atomic E-state index is 0. The molecule has 102 valence electrons. The molecule has 1 aromatic carbocycles. The molecule has 0 spiro atoms. The van der Waals surface area contributed by atoms with E-state index >= 15 is 0 Å². The van der Waals surface area contributed by atoms with E-state index in [4.69, 9.17) is 4.52 Å². The van der Waals surface area contributed by atoms with Crippen molar-refractivity contribution in [2.24, 2.45) is 0 Å². The Morgan fingerprint density at radius 3 is 2.63 bits per heavy atom. The number of rotatable bonds is 3. The molecule has 1 fully saturated rings. The molecule has 0 amide bonds. The Hall–Kier alpha value is -1.39. The van der Waals surface area contributed by atoms with Gasteiger partial charge in [-0.3, -0.25) is 0 Å². The van der Waals surface area contributed by atoms with Crippen LogP contribution < -0.4 is 5.32 Å². The highest BCUT2D eigenvalue weighted by Gasteiger charge is 2.21. The van der Waals surface area contributed by atoms with Gasteiger partial charge in [-0.2, -0.15) is 4.98 Å². The summed E-state index contributed by atoms with van der Waals surface area (Å²) in [4.78, 5) is 4.52. The van der Waals surface area contributed by atoms with E-state index in [1.54, 1.807) is 0 Å². The molecule has 5 heteroatoms. The first-order chi connectivity index (χ1) is 8.92. The first-order valence-corrected chi connectivity index (χ1v) is 6.49. The van der Waals surface area contributed by atoms with Gasteiger partial charge in [0.05, 0.1) is 0 Å². The highest BCUT2D eigenvalue weighted by atomic mass is 35.5. The molecule has 1 aliphatic rings. The van der Waals surface area contributed by atoms with Gasteiger partial charge in [-0.1, -0.05) is 35.5 Å². The van der Waals surface area contributed by atoms with Gasteiger partial charge < -0.3 is 9.84 Å². The standard InChI is InChI=1S/C14H17N3O.ClH/c1-2-4-11(5-3-1)10-13-16-14(18-17-13)12-6-8-15-9-7-12;/h1-5,12,15H,6-10H2;1H. The van der Waals surface area contributed by atoms with Crippen LogP contribution in [0.1, 0.15) is 36.0 Å². The van der Waals surface area contributed by atoms with E-state index in [1.807, 2.05) is 18.2 Å². The quantitative estimate of drug-likeness (QED) is 0.938. The SMILES string of the molecule is Cl.c1ccc(Cc2noc(C3CCNCC3)n2)cc1. The maximum Gasteiger partial charge on any atom is 0.229 e. The van der Waals surface area contributed by atoms with E-state index < -0.39 is 0 Å². The highest BCUT2D eigenvalue weighted by Crippen LogP contribution is 2.23. The molecule has 2 heterocycles. The molecule has 0 aliphatic carbocycles. The van der Waals surface area contributed by atoms with Gasteiger partial charge in [-0.05, 0) is 31.5 Å². The number of piperidine rings is 1. The maximum atomic E-state index is 5.39. The van der Waals surface area contributed by atoms with Crippen molar-refractivity contribution in [3.05, 3.63) is 47.6 Å². The van der Waals surface area contributed by atoms with Crippen LogP contribution in [0.25, 0.3) is 0 Å². The third kappa shape index (κ3) is 3.55. The van der Waals surface area contributed by atoms with Crippen molar-refractivity contribution in [1.29, 1.82) is 0 Å². The average Bonchev–Trinajstić information content (AvgIpc) is 2.89. The molecule has 0 unspecified atom stereocenters. The topological polar surface area (TPSA) is 51.0 Å². The maximum absolute atomic E-state index is 5.39. The summed E-state index contributed by atoms with van der Waals surface area (Å²) in [7, 11) is 0. The van der Waals surface area contributed by atoms with E-state index in [2.05, 4.69) is 27.6 Å². The number of hydrogen-bond donors (Lipinski definition) is 1. The predicted molar refractivity (Wildman–Crippen MR) is 75.6 cm³/mol. The number of nitrogens with zero attached hydrogens (tertiary/aromatic N) is 2. The summed E-state index contributed by atoms with van der Waals surface area (Å²) < 4.78 is 5.39. The van der Waals surface area contributed by atoms with Gasteiger partial charge >= 0.3 is 0 Å². The van der Waals surface area contributed by atoms with E-state index in [1.165, 1.54) is 5.56 Å². The molecule has 4 nitrogen and oxygen atoms in total. The molecule has 0 bridgehead atoms. The van der Waals surface area contributed by atoms with Crippen molar-refractivity contribution in [2.75, 3.05) is 13.1 Å². The minimum atomic E-state index is 0. The summed E-state index contributed by atoms with van der Waals surface area (Å²) in [5.41, 5.74) is 1.22. The molecule has 19 heavy (non-hydrogen) atoms. The van der Waals surface area contributed by atoms with Crippen LogP contribution in [0.3, 0.4) is 0 Å². The lowest BCUT2D eigenvalue weighted by atomic mass is 9.98. The molecule has 0 atom stereocenters. The lowest BCUT2D eigenvalue weighted by molar-refractivity contribution is 0.318. The minimum Gasteiger partial charge on any atom is -0.339 e. The largest absolute Gasteiger partial charge is 0.339 e. The molecule has 0 saturated carbocycles. The molecular formula is C14H18ClN3O. The van der Waals surface area contributed by atoms with Crippen molar-refractivity contribution in [2.45, 2.75) is 25.2 Å². The number of aromatic nitrogens is 2. The van der Waals surface area contributed by atoms with Crippen molar-refractivity contribution in [3.8, 4) is 0 Å². The second-order valence-electron chi connectivity index (χ2n) is 4.74. The fourth-order valence-electron chi connectivity index (χ4n) is 2.35. The third-order valence-electron chi connectivity index (χ3n) is 3.38. The van der Waals surface area contributed by atoms with E-state index in [9.17, 15) is 0 Å². The molecule has 1 aliphatic heterocycles. The molecule has 0 radical (unpaired) electrons. The fraction of sp³-hybridized carbons (Fsp3) is 0.429. The number of hydrogen-bond acceptors (Lipinski definition) is 4. The summed E-state index contributed by atoms with van der Waals surface area (Å²) in [6, 6.07) is 10.2. The molecular weight excluding hydrogens is 262 g/mol. The molecule has 2 aromatic rings. The smallest absolute Gasteiger partial charge is 0.229 e. The average molecular weight is 280 g/mol. The Kier molecular flexibility index (Phi) is 4.93. The predicted octanol–water partition coefficient (Wildman–Crippen LogP) is 2.55. The van der Waals surface area contributed by atoms with E-state index in [0.29, 0.717) is 5.92 Å². The summed E-state index contributed by atoms with van der Waals surface area (Å²) in [6.45, 7) is 2.09. The number of nitrogens with one attached hydrogen (secondary N) is 1. The Morgan fingerprint density at radius 2 is 1.89 bits per heavy atom. The van der Waals surface area contributed by atoms with E-state index in [0.717, 1.165) is 44.1 Å². The van der Waals surface area contributed by atoms with Gasteiger partial charge in [-0.15, -0.1) is 12.4 Å². The first-order valence-electron chi connectivity index (χ1n) is 6.49. The Labute approximate surface area is 119 Å². The van der Waals surface area contributed by atoms with Gasteiger partial charge in [0.15, 0.2) is 5.82 Å². The third-order valence-corrected chi connectivity index (χ3v) is 3.38. The van der Waals surface area contributed by atoms with Gasteiger partial charge in [0, 0.05) is 12.3 Å². The Balaban J connectivity index is 0.00000133. The van der Waals surface area contributed by atoms with Gasteiger partial charge in [0.2, 0.25) is 5.89 Å². The van der Waals surface area contributed by atoms with Crippen LogP contribution in [0.2, 0.25) is 0 Å². The molecule has 3 rings (SSSR count). The summed E-state index contributed by atoms with van der Waals surface area (Å²) in [6.07, 6.45) is 2.93. The van der Waals surface area contributed by atoms with Crippen LogP contribution in [0.5, 0.6) is 0 Å². The second kappa shape index (κ2) is 6.68. The van der Waals surface area contributed by atoms with Crippen LogP contribution in [-0.4, -0.2) is 23.2 Å². The zero-order valence-corrected chi connectivity index (χ0v) is 11.5. The lowest BCUT2D eigenvalue weighted by Gasteiger charge is -2.18.